The van der Waals surface area contributed by atoms with Crippen molar-refractivity contribution in [2.24, 2.45) is 16.8 Å². The van der Waals surface area contributed by atoms with Crippen LogP contribution in [0.3, 0.4) is 0 Å². The molecule has 1 aliphatic heterocycles. The fraction of sp³-hybridized carbons (Fsp3) is 0.684. The van der Waals surface area contributed by atoms with Gasteiger partial charge in [-0.2, -0.15) is 0 Å². The Kier molecular flexibility index (Phi) is 10.0. The van der Waals surface area contributed by atoms with Crippen LogP contribution < -0.4 is 10.6 Å². The van der Waals surface area contributed by atoms with E-state index in [1.807, 2.05) is 14.0 Å². The fourth-order valence-corrected chi connectivity index (χ4v) is 3.39. The topological polar surface area (TPSA) is 69.9 Å². The fourth-order valence-electron chi connectivity index (χ4n) is 3.39. The number of nitrogens with one attached hydrogen (secondary N) is 2. The van der Waals surface area contributed by atoms with Gasteiger partial charge in [-0.25, -0.2) is 0 Å². The van der Waals surface area contributed by atoms with Crippen LogP contribution in [0.15, 0.2) is 21.7 Å². The second-order valence-corrected chi connectivity index (χ2v) is 7.25. The zero-order valence-electron chi connectivity index (χ0n) is 16.4. The van der Waals surface area contributed by atoms with Gasteiger partial charge in [0, 0.05) is 38.8 Å². The summed E-state index contributed by atoms with van der Waals surface area (Å²) in [5.41, 5.74) is 0.862. The molecule has 1 unspecified atom stereocenters. The molecule has 148 valence electrons. The number of halogens is 1. The highest BCUT2D eigenvalue weighted by molar-refractivity contribution is 14.0. The number of furan rings is 1. The Bertz CT molecular complexity index is 586. The van der Waals surface area contributed by atoms with Crippen LogP contribution in [0.2, 0.25) is 0 Å². The third kappa shape index (κ3) is 6.81. The zero-order valence-corrected chi connectivity index (χ0v) is 18.7. The first-order chi connectivity index (χ1) is 12.0. The van der Waals surface area contributed by atoms with Gasteiger partial charge in [0.15, 0.2) is 11.7 Å². The van der Waals surface area contributed by atoms with Gasteiger partial charge in [0.05, 0.1) is 6.26 Å². The molecule has 0 radical (unpaired) electrons. The highest BCUT2D eigenvalue weighted by atomic mass is 127. The molecule has 2 rings (SSSR count). The molecular weight excluding hydrogens is 443 g/mol. The first-order valence-electron chi connectivity index (χ1n) is 9.29. The van der Waals surface area contributed by atoms with Crippen molar-refractivity contribution in [3.05, 3.63) is 23.7 Å². The lowest BCUT2D eigenvalue weighted by molar-refractivity contribution is 0.0925. The monoisotopic (exact) mass is 476 g/mol. The first-order valence-corrected chi connectivity index (χ1v) is 9.29. The van der Waals surface area contributed by atoms with Crippen molar-refractivity contribution < 1.29 is 9.21 Å². The summed E-state index contributed by atoms with van der Waals surface area (Å²) in [6.45, 7) is 10.0. The van der Waals surface area contributed by atoms with Gasteiger partial charge in [0.25, 0.3) is 5.91 Å². The second-order valence-electron chi connectivity index (χ2n) is 7.25. The lowest BCUT2D eigenvalue weighted by Crippen LogP contribution is -2.41. The van der Waals surface area contributed by atoms with Gasteiger partial charge >= 0.3 is 0 Å². The first kappa shape index (κ1) is 22.8. The van der Waals surface area contributed by atoms with Gasteiger partial charge < -0.3 is 20.0 Å². The van der Waals surface area contributed by atoms with Crippen LogP contribution in [0.1, 0.15) is 49.2 Å². The van der Waals surface area contributed by atoms with Crippen LogP contribution in [0.25, 0.3) is 0 Å². The quantitative estimate of drug-likeness (QED) is 0.274. The number of nitrogens with zero attached hydrogens (tertiary/aromatic N) is 2. The smallest absolute Gasteiger partial charge is 0.287 e. The van der Waals surface area contributed by atoms with E-state index >= 15 is 0 Å². The molecule has 1 aliphatic rings. The number of aliphatic imine (C=N–C) groups is 1. The summed E-state index contributed by atoms with van der Waals surface area (Å²) in [6.07, 6.45) is 4.91. The van der Waals surface area contributed by atoms with Gasteiger partial charge in [-0.3, -0.25) is 9.79 Å². The zero-order chi connectivity index (χ0) is 18.2. The van der Waals surface area contributed by atoms with E-state index in [1.165, 1.54) is 12.8 Å². The Balaban J connectivity index is 0.00000338. The normalized spacial score (nSPS) is 17.3. The summed E-state index contributed by atoms with van der Waals surface area (Å²) >= 11 is 0. The Morgan fingerprint density at radius 1 is 1.38 bits per heavy atom. The highest BCUT2D eigenvalue weighted by Gasteiger charge is 2.25. The Hall–Kier alpha value is -1.25. The van der Waals surface area contributed by atoms with E-state index in [-0.39, 0.29) is 29.9 Å². The highest BCUT2D eigenvalue weighted by Crippen LogP contribution is 2.23. The van der Waals surface area contributed by atoms with Crippen LogP contribution in [0, 0.1) is 18.8 Å². The largest absolute Gasteiger partial charge is 0.459 e. The third-order valence-corrected chi connectivity index (χ3v) is 4.59. The minimum Gasteiger partial charge on any atom is -0.459 e. The number of aryl methyl sites for hydroxylation is 1. The molecule has 7 heteroatoms. The molecule has 0 aromatic carbocycles. The maximum Gasteiger partial charge on any atom is 0.287 e. The number of amides is 1. The minimum atomic E-state index is -0.150. The summed E-state index contributed by atoms with van der Waals surface area (Å²) in [5.74, 6) is 2.75. The maximum absolute atomic E-state index is 12.0. The number of hydrogen-bond donors (Lipinski definition) is 2. The second kappa shape index (κ2) is 11.5. The summed E-state index contributed by atoms with van der Waals surface area (Å²) in [7, 11) is 1.83. The van der Waals surface area contributed by atoms with E-state index in [1.54, 1.807) is 12.3 Å². The average Bonchev–Trinajstić information content (AvgIpc) is 3.19. The molecule has 0 saturated carbocycles. The van der Waals surface area contributed by atoms with Gasteiger partial charge in [0.2, 0.25) is 0 Å². The third-order valence-electron chi connectivity index (χ3n) is 4.59. The number of hydrogen-bond acceptors (Lipinski definition) is 3. The van der Waals surface area contributed by atoms with E-state index in [0.717, 1.165) is 49.4 Å². The van der Waals surface area contributed by atoms with Crippen molar-refractivity contribution in [1.82, 2.24) is 15.5 Å². The summed E-state index contributed by atoms with van der Waals surface area (Å²) in [5, 5.41) is 6.30. The Labute approximate surface area is 174 Å². The van der Waals surface area contributed by atoms with Crippen LogP contribution in [0.5, 0.6) is 0 Å². The predicted molar refractivity (Wildman–Crippen MR) is 116 cm³/mol. The number of guanidine groups is 1. The van der Waals surface area contributed by atoms with E-state index in [2.05, 4.69) is 34.4 Å². The molecule has 0 aliphatic carbocycles. The predicted octanol–water partition coefficient (Wildman–Crippen LogP) is 3.27. The standard InChI is InChI=1S/C19H32N4O2.HI/c1-14(2)12-16-6-10-23(13-16)19(20-4)22-9-5-8-21-18(24)17-15(3)7-11-25-17;/h7,11,14,16H,5-6,8-10,12-13H2,1-4H3,(H,20,22)(H,21,24);1H. The molecule has 0 spiro atoms. The Morgan fingerprint density at radius 2 is 2.12 bits per heavy atom. The Morgan fingerprint density at radius 3 is 2.73 bits per heavy atom. The molecule has 1 aromatic rings. The van der Waals surface area contributed by atoms with Gasteiger partial charge in [-0.15, -0.1) is 24.0 Å². The molecule has 1 amide bonds. The molecule has 6 nitrogen and oxygen atoms in total. The molecule has 26 heavy (non-hydrogen) atoms. The van der Waals surface area contributed by atoms with Gasteiger partial charge in [-0.05, 0) is 44.1 Å². The van der Waals surface area contributed by atoms with Crippen LogP contribution in [-0.2, 0) is 0 Å². The van der Waals surface area contributed by atoms with Gasteiger partial charge in [0.1, 0.15) is 0 Å². The lowest BCUT2D eigenvalue weighted by Gasteiger charge is -2.22. The number of carbonyl (C=O) groups excluding carboxylic acids is 1. The van der Waals surface area contributed by atoms with Crippen molar-refractivity contribution in [3.63, 3.8) is 0 Å². The van der Waals surface area contributed by atoms with Crippen molar-refractivity contribution in [2.45, 2.75) is 40.0 Å². The number of rotatable bonds is 7. The van der Waals surface area contributed by atoms with Crippen LogP contribution in [-0.4, -0.2) is 50.0 Å². The molecule has 2 heterocycles. The van der Waals surface area contributed by atoms with Crippen molar-refractivity contribution in [2.75, 3.05) is 33.2 Å². The summed E-state index contributed by atoms with van der Waals surface area (Å²) in [4.78, 5) is 18.7. The van der Waals surface area contributed by atoms with E-state index in [4.69, 9.17) is 4.42 Å². The van der Waals surface area contributed by atoms with E-state index in [0.29, 0.717) is 12.3 Å². The number of likely N-dealkylation sites (tertiary alicyclic amines) is 1. The molecule has 1 aromatic heterocycles. The molecule has 0 bridgehead atoms. The molecular formula is C19H33IN4O2. The molecule has 2 N–H and O–H groups in total. The van der Waals surface area contributed by atoms with Crippen LogP contribution >= 0.6 is 24.0 Å². The molecule has 1 saturated heterocycles. The summed E-state index contributed by atoms with van der Waals surface area (Å²) in [6, 6.07) is 1.79. The number of carbonyl (C=O) groups is 1. The molecule has 1 fully saturated rings. The van der Waals surface area contributed by atoms with E-state index < -0.39 is 0 Å². The van der Waals surface area contributed by atoms with Crippen molar-refractivity contribution >= 4 is 35.8 Å². The molecule has 1 atom stereocenters. The van der Waals surface area contributed by atoms with E-state index in [9.17, 15) is 4.79 Å². The van der Waals surface area contributed by atoms with Crippen molar-refractivity contribution in [1.29, 1.82) is 0 Å². The van der Waals surface area contributed by atoms with Crippen LogP contribution in [0.4, 0.5) is 0 Å². The SMILES string of the molecule is CN=C(NCCCNC(=O)c1occc1C)N1CCC(CC(C)C)C1.I. The average molecular weight is 476 g/mol. The van der Waals surface area contributed by atoms with Crippen molar-refractivity contribution in [3.8, 4) is 0 Å². The lowest BCUT2D eigenvalue weighted by atomic mass is 9.97. The minimum absolute atomic E-state index is 0. The maximum atomic E-state index is 12.0. The summed E-state index contributed by atoms with van der Waals surface area (Å²) < 4.78 is 5.19. The van der Waals surface area contributed by atoms with Gasteiger partial charge in [-0.1, -0.05) is 13.8 Å².